The summed E-state index contributed by atoms with van der Waals surface area (Å²) >= 11 is 0. The molecule has 0 aromatic heterocycles. The number of para-hydroxylation sites is 1. The number of nitrogens with zero attached hydrogens (tertiary/aromatic N) is 2. The lowest BCUT2D eigenvalue weighted by molar-refractivity contribution is -0.308. The standard InChI is InChI=1S/C17H17F7N2O5/c18-11-3-1-2-10(13(11)30-9-12(27)28)8-25-4-6-26(7-5-25)15(29)31-14(16(19,20)21)17(22,23)24/h1-3,14H,4-9H2,(H,27,28). The fourth-order valence-corrected chi connectivity index (χ4v) is 2.80. The first-order valence-electron chi connectivity index (χ1n) is 8.72. The number of carbonyl (C=O) groups is 2. The molecule has 0 aliphatic carbocycles. The maximum Gasteiger partial charge on any atom is 0.434 e. The second-order valence-electron chi connectivity index (χ2n) is 6.52. The number of rotatable bonds is 6. The Labute approximate surface area is 170 Å². The summed E-state index contributed by atoms with van der Waals surface area (Å²) < 4.78 is 97.7. The first kappa shape index (κ1) is 24.5. The number of benzene rings is 1. The van der Waals surface area contributed by atoms with E-state index in [2.05, 4.69) is 4.74 Å². The maximum atomic E-state index is 13.9. The van der Waals surface area contributed by atoms with E-state index in [0.29, 0.717) is 4.90 Å². The molecule has 1 N–H and O–H groups in total. The fourth-order valence-electron chi connectivity index (χ4n) is 2.80. The zero-order chi connectivity index (χ0) is 23.4. The van der Waals surface area contributed by atoms with Gasteiger partial charge in [-0.2, -0.15) is 26.3 Å². The van der Waals surface area contributed by atoms with Gasteiger partial charge < -0.3 is 19.5 Å². The van der Waals surface area contributed by atoms with Crippen LogP contribution in [0.5, 0.6) is 5.75 Å². The van der Waals surface area contributed by atoms with Crippen LogP contribution in [0, 0.1) is 5.82 Å². The van der Waals surface area contributed by atoms with E-state index >= 15 is 0 Å². The molecule has 2 rings (SSSR count). The molecule has 1 aromatic rings. The molecule has 0 spiro atoms. The Morgan fingerprint density at radius 2 is 1.61 bits per heavy atom. The van der Waals surface area contributed by atoms with E-state index in [1.165, 1.54) is 12.1 Å². The van der Waals surface area contributed by atoms with E-state index in [1.807, 2.05) is 0 Å². The van der Waals surface area contributed by atoms with Gasteiger partial charge in [0.2, 0.25) is 0 Å². The average molecular weight is 462 g/mol. The molecule has 1 aromatic carbocycles. The number of carboxylic acid groups (broad SMARTS) is 1. The molecule has 1 amide bonds. The highest BCUT2D eigenvalue weighted by atomic mass is 19.4. The Kier molecular flexibility index (Phi) is 7.57. The molecule has 1 aliphatic rings. The number of alkyl halides is 6. The minimum atomic E-state index is -5.81. The van der Waals surface area contributed by atoms with Gasteiger partial charge in [0.1, 0.15) is 0 Å². The van der Waals surface area contributed by atoms with Crippen molar-refractivity contribution in [2.24, 2.45) is 0 Å². The molecule has 1 aliphatic heterocycles. The lowest BCUT2D eigenvalue weighted by Crippen LogP contribution is -2.52. The minimum absolute atomic E-state index is 0.0344. The molecule has 0 atom stereocenters. The Bertz CT molecular complexity index is 778. The highest BCUT2D eigenvalue weighted by Gasteiger charge is 2.60. The van der Waals surface area contributed by atoms with Crippen molar-refractivity contribution in [1.82, 2.24) is 9.80 Å². The number of carbonyl (C=O) groups excluding carboxylic acids is 1. The molecule has 1 fully saturated rings. The second-order valence-corrected chi connectivity index (χ2v) is 6.52. The number of piperazine rings is 1. The second kappa shape index (κ2) is 9.58. The normalized spacial score (nSPS) is 15.8. The lowest BCUT2D eigenvalue weighted by atomic mass is 10.1. The third-order valence-corrected chi connectivity index (χ3v) is 4.23. The van der Waals surface area contributed by atoms with Gasteiger partial charge in [0.05, 0.1) is 0 Å². The number of hydrogen-bond acceptors (Lipinski definition) is 5. The van der Waals surface area contributed by atoms with Gasteiger partial charge in [-0.1, -0.05) is 12.1 Å². The van der Waals surface area contributed by atoms with Crippen molar-refractivity contribution in [3.63, 3.8) is 0 Å². The number of hydrogen-bond donors (Lipinski definition) is 1. The molecule has 14 heteroatoms. The van der Waals surface area contributed by atoms with E-state index in [4.69, 9.17) is 9.84 Å². The molecule has 0 bridgehead atoms. The zero-order valence-electron chi connectivity index (χ0n) is 15.7. The smallest absolute Gasteiger partial charge is 0.434 e. The van der Waals surface area contributed by atoms with Crippen LogP contribution in [-0.4, -0.2) is 78.2 Å². The van der Waals surface area contributed by atoms with Gasteiger partial charge in [0, 0.05) is 38.3 Å². The quantitative estimate of drug-likeness (QED) is 0.655. The van der Waals surface area contributed by atoms with Crippen LogP contribution in [0.25, 0.3) is 0 Å². The first-order valence-corrected chi connectivity index (χ1v) is 8.72. The van der Waals surface area contributed by atoms with Gasteiger partial charge in [0.15, 0.2) is 18.2 Å². The van der Waals surface area contributed by atoms with Crippen LogP contribution in [0.2, 0.25) is 0 Å². The van der Waals surface area contributed by atoms with Crippen molar-refractivity contribution in [2.75, 3.05) is 32.8 Å². The largest absolute Gasteiger partial charge is 0.479 e. The average Bonchev–Trinajstić information content (AvgIpc) is 2.64. The maximum absolute atomic E-state index is 13.9. The van der Waals surface area contributed by atoms with Gasteiger partial charge in [-0.25, -0.2) is 14.0 Å². The monoisotopic (exact) mass is 462 g/mol. The van der Waals surface area contributed by atoms with Gasteiger partial charge in [-0.05, 0) is 6.07 Å². The minimum Gasteiger partial charge on any atom is -0.479 e. The van der Waals surface area contributed by atoms with Crippen molar-refractivity contribution in [1.29, 1.82) is 0 Å². The lowest BCUT2D eigenvalue weighted by Gasteiger charge is -2.35. The molecular formula is C17H17F7N2O5. The number of amides is 1. The molecule has 1 saturated heterocycles. The van der Waals surface area contributed by atoms with Crippen LogP contribution in [0.1, 0.15) is 5.56 Å². The molecule has 1 heterocycles. The highest BCUT2D eigenvalue weighted by Crippen LogP contribution is 2.36. The highest BCUT2D eigenvalue weighted by molar-refractivity contribution is 5.68. The van der Waals surface area contributed by atoms with Crippen molar-refractivity contribution in [3.8, 4) is 5.75 Å². The summed E-state index contributed by atoms with van der Waals surface area (Å²) in [7, 11) is 0. The number of aliphatic carboxylic acids is 1. The molecule has 174 valence electrons. The van der Waals surface area contributed by atoms with Crippen LogP contribution >= 0.6 is 0 Å². The predicted molar refractivity (Wildman–Crippen MR) is 88.8 cm³/mol. The van der Waals surface area contributed by atoms with Gasteiger partial charge in [-0.15, -0.1) is 0 Å². The summed E-state index contributed by atoms with van der Waals surface area (Å²) in [6, 6.07) is 3.89. The third-order valence-electron chi connectivity index (χ3n) is 4.23. The van der Waals surface area contributed by atoms with Crippen molar-refractivity contribution in [2.45, 2.75) is 25.0 Å². The molecule has 0 radical (unpaired) electrons. The Morgan fingerprint density at radius 3 is 2.13 bits per heavy atom. The fraction of sp³-hybridized carbons (Fsp3) is 0.529. The molecule has 0 saturated carbocycles. The number of halogens is 7. The van der Waals surface area contributed by atoms with Gasteiger partial charge in [-0.3, -0.25) is 4.90 Å². The van der Waals surface area contributed by atoms with Crippen LogP contribution in [0.15, 0.2) is 18.2 Å². The van der Waals surface area contributed by atoms with Crippen LogP contribution in [-0.2, 0) is 16.1 Å². The van der Waals surface area contributed by atoms with Crippen LogP contribution < -0.4 is 4.74 Å². The molecule has 31 heavy (non-hydrogen) atoms. The molecule has 0 unspecified atom stereocenters. The summed E-state index contributed by atoms with van der Waals surface area (Å²) in [6.07, 6.45) is -17.6. The molecular weight excluding hydrogens is 445 g/mol. The summed E-state index contributed by atoms with van der Waals surface area (Å²) in [5, 5.41) is 8.67. The summed E-state index contributed by atoms with van der Waals surface area (Å²) in [4.78, 5) is 24.8. The van der Waals surface area contributed by atoms with E-state index in [1.54, 1.807) is 4.90 Å². The summed E-state index contributed by atoms with van der Waals surface area (Å²) in [5.74, 6) is -2.41. The SMILES string of the molecule is O=C(O)COc1c(F)cccc1CN1CCN(C(=O)OC(C(F)(F)F)C(F)(F)F)CC1. The van der Waals surface area contributed by atoms with E-state index < -0.39 is 42.9 Å². The topological polar surface area (TPSA) is 79.3 Å². The van der Waals surface area contributed by atoms with Crippen molar-refractivity contribution in [3.05, 3.63) is 29.6 Å². The van der Waals surface area contributed by atoms with Crippen molar-refractivity contribution < 1.29 is 54.9 Å². The zero-order valence-corrected chi connectivity index (χ0v) is 15.7. The first-order chi connectivity index (χ1) is 14.3. The Morgan fingerprint density at radius 1 is 1.03 bits per heavy atom. The Balaban J connectivity index is 1.97. The summed E-state index contributed by atoms with van der Waals surface area (Å²) in [6.45, 7) is -1.14. The van der Waals surface area contributed by atoms with E-state index in [0.717, 1.165) is 6.07 Å². The summed E-state index contributed by atoms with van der Waals surface area (Å²) in [5.41, 5.74) is 0.284. The Hall–Kier alpha value is -2.77. The van der Waals surface area contributed by atoms with Crippen LogP contribution in [0.3, 0.4) is 0 Å². The van der Waals surface area contributed by atoms with Crippen molar-refractivity contribution >= 4 is 12.1 Å². The van der Waals surface area contributed by atoms with Gasteiger partial charge in [0.25, 0.3) is 6.10 Å². The third kappa shape index (κ3) is 6.87. The number of ether oxygens (including phenoxy) is 2. The molecule has 7 nitrogen and oxygen atoms in total. The number of carboxylic acids is 1. The van der Waals surface area contributed by atoms with E-state index in [-0.39, 0.29) is 44.0 Å². The van der Waals surface area contributed by atoms with Crippen LogP contribution in [0.4, 0.5) is 35.5 Å². The van der Waals surface area contributed by atoms with Gasteiger partial charge >= 0.3 is 24.4 Å². The predicted octanol–water partition coefficient (Wildman–Crippen LogP) is 3.04. The van der Waals surface area contributed by atoms with E-state index in [9.17, 15) is 40.3 Å².